The molecule has 0 radical (unpaired) electrons. The minimum absolute atomic E-state index is 0. The van der Waals surface area contributed by atoms with E-state index in [4.69, 9.17) is 5.11 Å². The van der Waals surface area contributed by atoms with Gasteiger partial charge in [0.05, 0.1) is 18.2 Å². The van der Waals surface area contributed by atoms with Gasteiger partial charge in [0.1, 0.15) is 5.75 Å². The number of alkyl halides is 9. The van der Waals surface area contributed by atoms with Crippen LogP contribution in [0, 0.1) is 0 Å². The van der Waals surface area contributed by atoms with Gasteiger partial charge >= 0.3 is 24.7 Å². The first-order chi connectivity index (χ1) is 20.9. The van der Waals surface area contributed by atoms with Gasteiger partial charge in [0.25, 0.3) is 5.95 Å². The highest BCUT2D eigenvalue weighted by Crippen LogP contribution is 2.37. The molecule has 9 nitrogen and oxygen atoms in total. The summed E-state index contributed by atoms with van der Waals surface area (Å²) in [5, 5.41) is 20.4. The van der Waals surface area contributed by atoms with E-state index in [0.29, 0.717) is 50.2 Å². The predicted octanol–water partition coefficient (Wildman–Crippen LogP) is 7.25. The number of benzene rings is 2. The van der Waals surface area contributed by atoms with Crippen LogP contribution in [-0.2, 0) is 37.3 Å². The molecule has 0 unspecified atom stereocenters. The number of anilines is 2. The van der Waals surface area contributed by atoms with Gasteiger partial charge in [0, 0.05) is 38.3 Å². The fraction of sp³-hybridized carbons (Fsp3) is 0.481. The summed E-state index contributed by atoms with van der Waals surface area (Å²) in [5.74, 6) is -1.77. The number of aryl methyl sites for hydroxylation is 1. The Hall–Kier alpha value is -3.96. The lowest BCUT2D eigenvalue weighted by Crippen LogP contribution is -2.29. The Labute approximate surface area is 263 Å². The van der Waals surface area contributed by atoms with Crippen LogP contribution in [0.5, 0.6) is 5.75 Å². The summed E-state index contributed by atoms with van der Waals surface area (Å²) >= 11 is 0. The molecule has 2 aromatic carbocycles. The highest BCUT2D eigenvalue weighted by Gasteiger charge is 2.37. The SMILES string of the molecule is CCN(CCCCCC(=O)O)c1ccc(OC(F)(F)F)cc1CN(Cc1cc(C(F)(F)F)cc(C(F)(F)F)c1)c1nnn(C)n1.Cl. The number of carboxylic acid groups (broad SMARTS) is 1. The average Bonchev–Trinajstić information content (AvgIpc) is 3.35. The maximum Gasteiger partial charge on any atom is 0.573 e. The molecular weight excluding hydrogens is 663 g/mol. The van der Waals surface area contributed by atoms with Crippen LogP contribution in [0.4, 0.5) is 51.1 Å². The van der Waals surface area contributed by atoms with E-state index in [1.165, 1.54) is 18.0 Å². The third kappa shape index (κ3) is 11.4. The molecule has 0 bridgehead atoms. The van der Waals surface area contributed by atoms with Crippen molar-refractivity contribution in [2.45, 2.75) is 64.4 Å². The van der Waals surface area contributed by atoms with Gasteiger partial charge < -0.3 is 19.6 Å². The number of carboxylic acids is 1. The maximum atomic E-state index is 13.5. The van der Waals surface area contributed by atoms with Gasteiger partial charge in [-0.05, 0) is 72.5 Å². The Kier molecular flexibility index (Phi) is 12.9. The van der Waals surface area contributed by atoms with Crippen molar-refractivity contribution in [2.24, 2.45) is 7.05 Å². The zero-order chi connectivity index (χ0) is 33.6. The molecule has 0 aliphatic carbocycles. The molecule has 0 fully saturated rings. The highest BCUT2D eigenvalue weighted by atomic mass is 35.5. The van der Waals surface area contributed by atoms with E-state index >= 15 is 0 Å². The summed E-state index contributed by atoms with van der Waals surface area (Å²) in [6, 6.07) is 4.56. The Balaban J connectivity index is 0.00000736. The molecule has 0 atom stereocenters. The van der Waals surface area contributed by atoms with Crippen LogP contribution in [0.15, 0.2) is 36.4 Å². The van der Waals surface area contributed by atoms with Crippen molar-refractivity contribution >= 4 is 30.0 Å². The lowest BCUT2D eigenvalue weighted by atomic mass is 10.0. The topological polar surface area (TPSA) is 96.6 Å². The van der Waals surface area contributed by atoms with Crippen molar-refractivity contribution in [1.29, 1.82) is 0 Å². The van der Waals surface area contributed by atoms with Crippen LogP contribution in [-0.4, -0.2) is 50.7 Å². The molecule has 0 amide bonds. The summed E-state index contributed by atoms with van der Waals surface area (Å²) < 4.78 is 125. The van der Waals surface area contributed by atoms with Gasteiger partial charge in [-0.3, -0.25) is 4.79 Å². The van der Waals surface area contributed by atoms with Crippen molar-refractivity contribution in [3.05, 3.63) is 58.7 Å². The largest absolute Gasteiger partial charge is 0.573 e. The zero-order valence-electron chi connectivity index (χ0n) is 24.4. The zero-order valence-corrected chi connectivity index (χ0v) is 25.2. The quantitative estimate of drug-likeness (QED) is 0.140. The summed E-state index contributed by atoms with van der Waals surface area (Å²) in [4.78, 5) is 14.8. The van der Waals surface area contributed by atoms with Crippen molar-refractivity contribution < 1.29 is 54.2 Å². The molecule has 3 aromatic rings. The van der Waals surface area contributed by atoms with Gasteiger partial charge in [-0.1, -0.05) is 11.5 Å². The molecule has 0 aliphatic heterocycles. The van der Waals surface area contributed by atoms with Crippen molar-refractivity contribution in [3.63, 3.8) is 0 Å². The number of halogens is 10. The van der Waals surface area contributed by atoms with Crippen LogP contribution in [0.25, 0.3) is 0 Å². The second kappa shape index (κ2) is 15.6. The van der Waals surface area contributed by atoms with Gasteiger partial charge in [0.2, 0.25) is 0 Å². The second-order valence-corrected chi connectivity index (χ2v) is 9.97. The molecule has 1 aromatic heterocycles. The molecule has 19 heteroatoms. The predicted molar refractivity (Wildman–Crippen MR) is 149 cm³/mol. The van der Waals surface area contributed by atoms with E-state index in [-0.39, 0.29) is 43.0 Å². The molecule has 3 rings (SSSR count). The molecule has 0 saturated heterocycles. The van der Waals surface area contributed by atoms with Crippen LogP contribution >= 0.6 is 12.4 Å². The Morgan fingerprint density at radius 1 is 0.891 bits per heavy atom. The Morgan fingerprint density at radius 2 is 1.52 bits per heavy atom. The van der Waals surface area contributed by atoms with E-state index in [9.17, 15) is 44.3 Å². The number of nitrogens with zero attached hydrogens (tertiary/aromatic N) is 6. The summed E-state index contributed by atoms with van der Waals surface area (Å²) in [6.45, 7) is 1.52. The number of tetrazole rings is 1. The van der Waals surface area contributed by atoms with E-state index in [2.05, 4.69) is 20.1 Å². The third-order valence-corrected chi connectivity index (χ3v) is 6.49. The van der Waals surface area contributed by atoms with Crippen molar-refractivity contribution in [1.82, 2.24) is 20.2 Å². The van der Waals surface area contributed by atoms with E-state index in [0.717, 1.165) is 16.9 Å². The summed E-state index contributed by atoms with van der Waals surface area (Å²) in [5.41, 5.74) is -2.93. The molecule has 1 heterocycles. The number of aromatic nitrogens is 4. The molecule has 0 saturated carbocycles. The molecule has 0 spiro atoms. The molecule has 256 valence electrons. The number of hydrogen-bond donors (Lipinski definition) is 1. The maximum absolute atomic E-state index is 13.5. The van der Waals surface area contributed by atoms with Crippen molar-refractivity contribution in [2.75, 3.05) is 22.9 Å². The number of hydrogen-bond acceptors (Lipinski definition) is 7. The van der Waals surface area contributed by atoms with Gasteiger partial charge in [-0.15, -0.1) is 30.7 Å². The summed E-state index contributed by atoms with van der Waals surface area (Å²) in [6.07, 6.45) is -13.8. The summed E-state index contributed by atoms with van der Waals surface area (Å²) in [7, 11) is 1.37. The van der Waals surface area contributed by atoms with Gasteiger partial charge in [-0.25, -0.2) is 0 Å². The molecule has 46 heavy (non-hydrogen) atoms. The molecular formula is C27H30ClF9N6O3. The first kappa shape index (κ1) is 38.2. The number of ether oxygens (including phenoxy) is 1. The first-order valence-corrected chi connectivity index (χ1v) is 13.5. The smallest absolute Gasteiger partial charge is 0.481 e. The number of rotatable bonds is 14. The van der Waals surface area contributed by atoms with Crippen LogP contribution in [0.3, 0.4) is 0 Å². The van der Waals surface area contributed by atoms with Crippen LogP contribution in [0.2, 0.25) is 0 Å². The van der Waals surface area contributed by atoms with Crippen LogP contribution < -0.4 is 14.5 Å². The van der Waals surface area contributed by atoms with E-state index in [1.807, 2.05) is 0 Å². The number of carbonyl (C=O) groups is 1. The minimum atomic E-state index is -5.10. The molecule has 1 N–H and O–H groups in total. The lowest BCUT2D eigenvalue weighted by Gasteiger charge is -2.29. The highest BCUT2D eigenvalue weighted by molar-refractivity contribution is 5.85. The Bertz CT molecular complexity index is 1420. The van der Waals surface area contributed by atoms with Crippen LogP contribution in [0.1, 0.15) is 54.9 Å². The number of unbranched alkanes of at least 4 members (excludes halogenated alkanes) is 2. The standard InChI is InChI=1S/C27H29F9N6O3.ClH/c1-3-41(10-6-4-5-7-23(43)44)22-9-8-21(45-27(34,35)36)13-18(22)16-42(24-37-39-40(2)38-24)15-17-11-19(25(28,29)30)14-20(12-17)26(31,32)33;/h8-9,11-14H,3-7,10,15-16H2,1-2H3,(H,43,44);1H. The monoisotopic (exact) mass is 692 g/mol. The average molecular weight is 693 g/mol. The van der Waals surface area contributed by atoms with Gasteiger partial charge in [-0.2, -0.15) is 31.1 Å². The van der Waals surface area contributed by atoms with E-state index < -0.39 is 53.7 Å². The van der Waals surface area contributed by atoms with E-state index in [1.54, 1.807) is 11.8 Å². The molecule has 0 aliphatic rings. The lowest BCUT2D eigenvalue weighted by molar-refractivity contribution is -0.274. The Morgan fingerprint density at radius 3 is 2.02 bits per heavy atom. The normalized spacial score (nSPS) is 12.1. The fourth-order valence-electron chi connectivity index (χ4n) is 4.53. The first-order valence-electron chi connectivity index (χ1n) is 13.5. The van der Waals surface area contributed by atoms with Crippen molar-refractivity contribution in [3.8, 4) is 5.75 Å². The van der Waals surface area contributed by atoms with Gasteiger partial charge in [0.15, 0.2) is 0 Å². The number of aliphatic carboxylic acids is 1. The second-order valence-electron chi connectivity index (χ2n) is 9.97. The minimum Gasteiger partial charge on any atom is -0.481 e. The fourth-order valence-corrected chi connectivity index (χ4v) is 4.53. The third-order valence-electron chi connectivity index (χ3n) is 6.49.